The summed E-state index contributed by atoms with van der Waals surface area (Å²) in [5.41, 5.74) is 0. The Balaban J connectivity index is 4.35. The van der Waals surface area contributed by atoms with Crippen LogP contribution >= 0.6 is 0 Å². The van der Waals surface area contributed by atoms with Crippen molar-refractivity contribution in [3.05, 3.63) is 60.8 Å². The molecule has 0 aliphatic rings. The molecule has 0 aliphatic carbocycles. The second-order valence-corrected chi connectivity index (χ2v) is 19.9. The smallest absolute Gasteiger partial charge is 0.306 e. The van der Waals surface area contributed by atoms with Crippen LogP contribution in [0.4, 0.5) is 0 Å². The molecule has 69 heavy (non-hydrogen) atoms. The highest BCUT2D eigenvalue weighted by Crippen LogP contribution is 2.17. The number of ether oxygens (including phenoxy) is 3. The van der Waals surface area contributed by atoms with Crippen molar-refractivity contribution in [1.29, 1.82) is 0 Å². The van der Waals surface area contributed by atoms with E-state index in [1.807, 2.05) is 0 Å². The van der Waals surface area contributed by atoms with Gasteiger partial charge in [0.25, 0.3) is 0 Å². The Morgan fingerprint density at radius 2 is 0.565 bits per heavy atom. The van der Waals surface area contributed by atoms with Crippen molar-refractivity contribution in [3.63, 3.8) is 0 Å². The fourth-order valence-corrected chi connectivity index (χ4v) is 8.59. The maximum atomic E-state index is 12.9. The molecule has 6 nitrogen and oxygen atoms in total. The van der Waals surface area contributed by atoms with Gasteiger partial charge in [-0.05, 0) is 64.2 Å². The summed E-state index contributed by atoms with van der Waals surface area (Å²) in [5, 5.41) is 0. The number of carbonyl (C=O) groups is 3. The number of allylic oxidation sites excluding steroid dienone is 10. The normalized spacial score (nSPS) is 12.4. The maximum absolute atomic E-state index is 12.9. The maximum Gasteiger partial charge on any atom is 0.306 e. The first-order chi connectivity index (χ1) is 34.0. The summed E-state index contributed by atoms with van der Waals surface area (Å²) >= 11 is 0. The van der Waals surface area contributed by atoms with E-state index < -0.39 is 6.10 Å². The van der Waals surface area contributed by atoms with E-state index in [1.165, 1.54) is 154 Å². The van der Waals surface area contributed by atoms with Crippen molar-refractivity contribution < 1.29 is 28.6 Å². The highest BCUT2D eigenvalue weighted by Gasteiger charge is 2.19. The average Bonchev–Trinajstić information content (AvgIpc) is 3.35. The Morgan fingerprint density at radius 3 is 0.884 bits per heavy atom. The molecule has 0 heterocycles. The standard InChI is InChI=1S/C63H112O6/c1-4-7-10-13-16-19-22-25-27-29-31-32-33-35-36-38-41-44-47-50-53-56-62(65)68-59-60(58-67-61(64)55-52-49-46-43-40-24-21-18-15-12-9-6-3)69-63(66)57-54-51-48-45-42-39-37-34-30-28-26-23-20-17-14-11-8-5-2/h7,10,16,19,25,27,31-32,35-36,60H,4-6,8-9,11-15,17-18,20-24,26,28-30,33-34,37-59H2,1-3H3/b10-7-,19-16-,27-25-,32-31-,36-35-. The Kier molecular flexibility index (Phi) is 55.3. The van der Waals surface area contributed by atoms with Crippen molar-refractivity contribution in [1.82, 2.24) is 0 Å². The Morgan fingerprint density at radius 1 is 0.304 bits per heavy atom. The van der Waals surface area contributed by atoms with E-state index in [2.05, 4.69) is 81.5 Å². The molecule has 0 saturated carbocycles. The van der Waals surface area contributed by atoms with Crippen molar-refractivity contribution in [2.75, 3.05) is 13.2 Å². The molecule has 0 rings (SSSR count). The molecule has 0 fully saturated rings. The fourth-order valence-electron chi connectivity index (χ4n) is 8.59. The minimum Gasteiger partial charge on any atom is -0.462 e. The molecule has 0 N–H and O–H groups in total. The highest BCUT2D eigenvalue weighted by atomic mass is 16.6. The molecule has 400 valence electrons. The molecule has 1 atom stereocenters. The molecule has 0 aliphatic heterocycles. The fraction of sp³-hybridized carbons (Fsp3) is 0.794. The number of unbranched alkanes of at least 4 members (excludes halogenated alkanes) is 33. The molecule has 1 unspecified atom stereocenters. The summed E-state index contributed by atoms with van der Waals surface area (Å²) in [6.45, 7) is 6.55. The van der Waals surface area contributed by atoms with Crippen LogP contribution in [0.5, 0.6) is 0 Å². The van der Waals surface area contributed by atoms with E-state index in [0.717, 1.165) is 109 Å². The lowest BCUT2D eigenvalue weighted by Gasteiger charge is -2.18. The summed E-state index contributed by atoms with van der Waals surface area (Å²) in [5.74, 6) is -0.880. The molecule has 6 heteroatoms. The largest absolute Gasteiger partial charge is 0.462 e. The van der Waals surface area contributed by atoms with Gasteiger partial charge in [-0.2, -0.15) is 0 Å². The number of rotatable bonds is 54. The third-order valence-electron chi connectivity index (χ3n) is 13.0. The van der Waals surface area contributed by atoms with Crippen LogP contribution in [0.25, 0.3) is 0 Å². The van der Waals surface area contributed by atoms with E-state index in [1.54, 1.807) is 0 Å². The first-order valence-corrected chi connectivity index (χ1v) is 29.8. The van der Waals surface area contributed by atoms with E-state index in [4.69, 9.17) is 14.2 Å². The molecule has 0 bridgehead atoms. The number of esters is 3. The summed E-state index contributed by atoms with van der Waals surface area (Å²) in [6.07, 6.45) is 72.1. The van der Waals surface area contributed by atoms with Gasteiger partial charge < -0.3 is 14.2 Å². The Labute approximate surface area is 428 Å². The highest BCUT2D eigenvalue weighted by molar-refractivity contribution is 5.71. The van der Waals surface area contributed by atoms with Crippen molar-refractivity contribution in [2.24, 2.45) is 0 Å². The van der Waals surface area contributed by atoms with E-state index >= 15 is 0 Å². The zero-order valence-electron chi connectivity index (χ0n) is 45.8. The average molecular weight is 966 g/mol. The predicted molar refractivity (Wildman–Crippen MR) is 298 cm³/mol. The van der Waals surface area contributed by atoms with E-state index in [-0.39, 0.29) is 31.1 Å². The molecule has 0 aromatic heterocycles. The van der Waals surface area contributed by atoms with Gasteiger partial charge in [0.15, 0.2) is 6.10 Å². The molecule has 0 saturated heterocycles. The van der Waals surface area contributed by atoms with Crippen molar-refractivity contribution >= 4 is 17.9 Å². The van der Waals surface area contributed by atoms with Gasteiger partial charge in [0.05, 0.1) is 0 Å². The SMILES string of the molecule is CC/C=C\C/C=C\C/C=C\C/C=C\C/C=C\CCCCCCCC(=O)OCC(COC(=O)CCCCCCCCCCCCCC)OC(=O)CCCCCCCCCCCCCCCCCCCC. The summed E-state index contributed by atoms with van der Waals surface area (Å²) in [4.78, 5) is 38.2. The van der Waals surface area contributed by atoms with Crippen LogP contribution in [0.15, 0.2) is 60.8 Å². The number of hydrogen-bond acceptors (Lipinski definition) is 6. The van der Waals surface area contributed by atoms with Gasteiger partial charge in [-0.1, -0.05) is 281 Å². The van der Waals surface area contributed by atoms with E-state index in [0.29, 0.717) is 19.3 Å². The molecule has 0 spiro atoms. The third kappa shape index (κ3) is 55.9. The van der Waals surface area contributed by atoms with Crippen LogP contribution in [-0.2, 0) is 28.6 Å². The van der Waals surface area contributed by atoms with Gasteiger partial charge in [0.1, 0.15) is 13.2 Å². The zero-order chi connectivity index (χ0) is 50.0. The van der Waals surface area contributed by atoms with Gasteiger partial charge in [-0.25, -0.2) is 0 Å². The zero-order valence-corrected chi connectivity index (χ0v) is 45.8. The summed E-state index contributed by atoms with van der Waals surface area (Å²) in [6, 6.07) is 0. The van der Waals surface area contributed by atoms with Crippen LogP contribution in [0, 0.1) is 0 Å². The van der Waals surface area contributed by atoms with Gasteiger partial charge in [0.2, 0.25) is 0 Å². The second-order valence-electron chi connectivity index (χ2n) is 19.9. The molecular formula is C63H112O6. The van der Waals surface area contributed by atoms with E-state index in [9.17, 15) is 14.4 Å². The predicted octanol–water partition coefficient (Wildman–Crippen LogP) is 20.0. The molecular weight excluding hydrogens is 853 g/mol. The minimum atomic E-state index is -0.779. The Hall–Kier alpha value is -2.89. The first kappa shape index (κ1) is 66.1. The van der Waals surface area contributed by atoms with Crippen LogP contribution in [0.2, 0.25) is 0 Å². The van der Waals surface area contributed by atoms with Crippen molar-refractivity contribution in [3.8, 4) is 0 Å². The summed E-state index contributed by atoms with van der Waals surface area (Å²) < 4.78 is 16.9. The first-order valence-electron chi connectivity index (χ1n) is 29.8. The molecule has 0 aromatic carbocycles. The molecule has 0 aromatic rings. The topological polar surface area (TPSA) is 78.9 Å². The van der Waals surface area contributed by atoms with Crippen LogP contribution in [0.1, 0.15) is 303 Å². The second kappa shape index (κ2) is 57.7. The number of carbonyl (C=O) groups excluding carboxylic acids is 3. The monoisotopic (exact) mass is 965 g/mol. The minimum absolute atomic E-state index is 0.0763. The van der Waals surface area contributed by atoms with Gasteiger partial charge >= 0.3 is 17.9 Å². The molecule has 0 amide bonds. The van der Waals surface area contributed by atoms with Gasteiger partial charge in [0, 0.05) is 19.3 Å². The molecule has 0 radical (unpaired) electrons. The lowest BCUT2D eigenvalue weighted by molar-refractivity contribution is -0.167. The Bertz CT molecular complexity index is 1250. The van der Waals surface area contributed by atoms with Crippen LogP contribution in [0.3, 0.4) is 0 Å². The number of hydrogen-bond donors (Lipinski definition) is 0. The van der Waals surface area contributed by atoms with Crippen LogP contribution in [-0.4, -0.2) is 37.2 Å². The van der Waals surface area contributed by atoms with Gasteiger partial charge in [-0.15, -0.1) is 0 Å². The van der Waals surface area contributed by atoms with Crippen molar-refractivity contribution in [2.45, 2.75) is 309 Å². The quantitative estimate of drug-likeness (QED) is 0.0262. The van der Waals surface area contributed by atoms with Crippen LogP contribution < -0.4 is 0 Å². The summed E-state index contributed by atoms with van der Waals surface area (Å²) in [7, 11) is 0. The third-order valence-corrected chi connectivity index (χ3v) is 13.0. The lowest BCUT2D eigenvalue weighted by Crippen LogP contribution is -2.30. The lowest BCUT2D eigenvalue weighted by atomic mass is 10.0. The van der Waals surface area contributed by atoms with Gasteiger partial charge in [-0.3, -0.25) is 14.4 Å².